The molecule has 0 aliphatic rings. The van der Waals surface area contributed by atoms with E-state index in [0.29, 0.717) is 0 Å². The van der Waals surface area contributed by atoms with Gasteiger partial charge in [-0.3, -0.25) is 0 Å². The molecule has 2 heteroatoms. The van der Waals surface area contributed by atoms with Crippen molar-refractivity contribution in [2.75, 3.05) is 11.9 Å². The first-order valence-electron chi connectivity index (χ1n) is 5.63. The molecule has 1 aromatic heterocycles. The van der Waals surface area contributed by atoms with Crippen LogP contribution < -0.4 is 4.90 Å². The van der Waals surface area contributed by atoms with Gasteiger partial charge < -0.3 is 4.90 Å². The second-order valence-electron chi connectivity index (χ2n) is 4.00. The normalized spacial score (nSPS) is 9.94. The number of rotatable bonds is 4. The fourth-order valence-corrected chi connectivity index (χ4v) is 1.68. The minimum absolute atomic E-state index is 0.862. The van der Waals surface area contributed by atoms with Crippen molar-refractivity contribution in [3.63, 3.8) is 0 Å². The Kier molecular flexibility index (Phi) is 3.55. The number of aromatic nitrogens is 1. The van der Waals surface area contributed by atoms with Crippen LogP contribution in [-0.4, -0.2) is 12.0 Å². The maximum absolute atomic E-state index is 4.40. The van der Waals surface area contributed by atoms with Crippen LogP contribution in [0.3, 0.4) is 0 Å². The van der Waals surface area contributed by atoms with Crippen molar-refractivity contribution in [3.8, 4) is 0 Å². The van der Waals surface area contributed by atoms with Crippen LogP contribution in [0.2, 0.25) is 0 Å². The van der Waals surface area contributed by atoms with Crippen molar-refractivity contribution < 1.29 is 0 Å². The predicted molar refractivity (Wildman–Crippen MR) is 72.9 cm³/mol. The zero-order chi connectivity index (χ0) is 12.1. The van der Waals surface area contributed by atoms with Crippen molar-refractivity contribution >= 4 is 11.9 Å². The Balaban J connectivity index is 2.09. The van der Waals surface area contributed by atoms with Gasteiger partial charge in [0.1, 0.15) is 5.82 Å². The van der Waals surface area contributed by atoms with E-state index in [1.807, 2.05) is 31.4 Å². The maximum Gasteiger partial charge on any atom is 0.128 e. The number of hydrogen-bond acceptors (Lipinski definition) is 2. The molecule has 2 rings (SSSR count). The topological polar surface area (TPSA) is 16.1 Å². The van der Waals surface area contributed by atoms with Crippen molar-refractivity contribution in [2.45, 2.75) is 6.54 Å². The van der Waals surface area contributed by atoms with Crippen molar-refractivity contribution in [2.24, 2.45) is 0 Å². The molecule has 0 spiro atoms. The van der Waals surface area contributed by atoms with E-state index in [1.54, 1.807) is 6.08 Å². The van der Waals surface area contributed by atoms with Crippen LogP contribution in [0.5, 0.6) is 0 Å². The quantitative estimate of drug-likeness (QED) is 0.791. The molecular weight excluding hydrogens is 208 g/mol. The minimum Gasteiger partial charge on any atom is -0.355 e. The maximum atomic E-state index is 4.40. The molecule has 0 unspecified atom stereocenters. The molecule has 0 amide bonds. The van der Waals surface area contributed by atoms with E-state index >= 15 is 0 Å². The van der Waals surface area contributed by atoms with Crippen molar-refractivity contribution in [1.82, 2.24) is 4.98 Å². The molecule has 86 valence electrons. The predicted octanol–water partition coefficient (Wildman–Crippen LogP) is 3.36. The van der Waals surface area contributed by atoms with Gasteiger partial charge in [-0.15, -0.1) is 0 Å². The fourth-order valence-electron chi connectivity index (χ4n) is 1.68. The number of benzene rings is 1. The summed E-state index contributed by atoms with van der Waals surface area (Å²) in [6.07, 6.45) is 3.64. The molecular formula is C15H16N2. The van der Waals surface area contributed by atoms with E-state index in [0.717, 1.165) is 17.9 Å². The summed E-state index contributed by atoms with van der Waals surface area (Å²) >= 11 is 0. The van der Waals surface area contributed by atoms with Gasteiger partial charge in [-0.05, 0) is 23.3 Å². The molecule has 2 aromatic rings. The first kappa shape index (κ1) is 11.4. The first-order chi connectivity index (χ1) is 8.29. The summed E-state index contributed by atoms with van der Waals surface area (Å²) in [5.41, 5.74) is 2.33. The summed E-state index contributed by atoms with van der Waals surface area (Å²) in [6.45, 7) is 4.58. The molecule has 1 aromatic carbocycles. The summed E-state index contributed by atoms with van der Waals surface area (Å²) < 4.78 is 0. The van der Waals surface area contributed by atoms with E-state index in [1.165, 1.54) is 5.56 Å². The molecule has 0 aliphatic heterocycles. The van der Waals surface area contributed by atoms with Gasteiger partial charge in [-0.25, -0.2) is 4.98 Å². The molecule has 0 fully saturated rings. The van der Waals surface area contributed by atoms with Crippen molar-refractivity contribution in [1.29, 1.82) is 0 Å². The van der Waals surface area contributed by atoms with Gasteiger partial charge in [0.25, 0.3) is 0 Å². The lowest BCUT2D eigenvalue weighted by Crippen LogP contribution is -2.17. The number of nitrogens with zero attached hydrogens (tertiary/aromatic N) is 2. The third-order valence-corrected chi connectivity index (χ3v) is 2.66. The summed E-state index contributed by atoms with van der Waals surface area (Å²) in [6, 6.07) is 14.4. The van der Waals surface area contributed by atoms with Crippen LogP contribution in [0.4, 0.5) is 5.82 Å². The first-order valence-corrected chi connectivity index (χ1v) is 5.63. The van der Waals surface area contributed by atoms with Crippen LogP contribution in [-0.2, 0) is 6.54 Å². The standard InChI is InChI=1S/C15H16N2/c1-3-13-9-10-15(16-11-13)17(2)12-14-7-5-4-6-8-14/h3-11H,1,12H2,2H3. The molecule has 0 radical (unpaired) electrons. The molecule has 0 saturated heterocycles. The third-order valence-electron chi connectivity index (χ3n) is 2.66. The van der Waals surface area contributed by atoms with Crippen LogP contribution in [0.25, 0.3) is 6.08 Å². The summed E-state index contributed by atoms with van der Waals surface area (Å²) in [5.74, 6) is 0.972. The number of anilines is 1. The second-order valence-corrected chi connectivity index (χ2v) is 4.00. The lowest BCUT2D eigenvalue weighted by Gasteiger charge is -2.18. The van der Waals surface area contributed by atoms with E-state index in [9.17, 15) is 0 Å². The zero-order valence-electron chi connectivity index (χ0n) is 10.0. The molecule has 0 atom stereocenters. The van der Waals surface area contributed by atoms with Gasteiger partial charge in [0.2, 0.25) is 0 Å². The molecule has 2 nitrogen and oxygen atoms in total. The lowest BCUT2D eigenvalue weighted by atomic mass is 10.2. The fraction of sp³-hybridized carbons (Fsp3) is 0.133. The van der Waals surface area contributed by atoms with Crippen molar-refractivity contribution in [3.05, 3.63) is 66.4 Å². The monoisotopic (exact) mass is 224 g/mol. The lowest BCUT2D eigenvalue weighted by molar-refractivity contribution is 0.898. The number of pyridine rings is 1. The average Bonchev–Trinajstić information content (AvgIpc) is 2.40. The molecule has 0 aliphatic carbocycles. The Hall–Kier alpha value is -2.09. The van der Waals surface area contributed by atoms with Crippen LogP contribution in [0.15, 0.2) is 55.2 Å². The molecule has 0 saturated carbocycles. The summed E-state index contributed by atoms with van der Waals surface area (Å²) in [4.78, 5) is 6.53. The highest BCUT2D eigenvalue weighted by Crippen LogP contribution is 2.13. The number of hydrogen-bond donors (Lipinski definition) is 0. The SMILES string of the molecule is C=Cc1ccc(N(C)Cc2ccccc2)nc1. The zero-order valence-corrected chi connectivity index (χ0v) is 10.0. The third kappa shape index (κ3) is 2.94. The highest BCUT2D eigenvalue weighted by Gasteiger charge is 2.02. The van der Waals surface area contributed by atoms with E-state index in [4.69, 9.17) is 0 Å². The van der Waals surface area contributed by atoms with E-state index in [2.05, 4.69) is 40.7 Å². The minimum atomic E-state index is 0.862. The van der Waals surface area contributed by atoms with Crippen LogP contribution in [0, 0.1) is 0 Å². The van der Waals surface area contributed by atoms with Gasteiger partial charge in [0.05, 0.1) is 0 Å². The molecule has 1 heterocycles. The van der Waals surface area contributed by atoms with Gasteiger partial charge in [0.15, 0.2) is 0 Å². The van der Waals surface area contributed by atoms with Crippen LogP contribution in [0.1, 0.15) is 11.1 Å². The highest BCUT2D eigenvalue weighted by atomic mass is 15.2. The van der Waals surface area contributed by atoms with Gasteiger partial charge in [0, 0.05) is 19.8 Å². The second kappa shape index (κ2) is 5.30. The van der Waals surface area contributed by atoms with Gasteiger partial charge in [-0.2, -0.15) is 0 Å². The Bertz CT molecular complexity index is 474. The summed E-state index contributed by atoms with van der Waals surface area (Å²) in [5, 5.41) is 0. The van der Waals surface area contributed by atoms with E-state index < -0.39 is 0 Å². The Morgan fingerprint density at radius 1 is 1.18 bits per heavy atom. The molecule has 17 heavy (non-hydrogen) atoms. The Morgan fingerprint density at radius 3 is 2.53 bits per heavy atom. The molecule has 0 bridgehead atoms. The largest absolute Gasteiger partial charge is 0.355 e. The van der Waals surface area contributed by atoms with Gasteiger partial charge in [-0.1, -0.05) is 43.0 Å². The summed E-state index contributed by atoms with van der Waals surface area (Å²) in [7, 11) is 2.04. The van der Waals surface area contributed by atoms with Gasteiger partial charge >= 0.3 is 0 Å². The smallest absolute Gasteiger partial charge is 0.128 e. The highest BCUT2D eigenvalue weighted by molar-refractivity contribution is 5.49. The molecule has 0 N–H and O–H groups in total. The van der Waals surface area contributed by atoms with E-state index in [-0.39, 0.29) is 0 Å². The van der Waals surface area contributed by atoms with Crippen LogP contribution >= 0.6 is 0 Å². The Morgan fingerprint density at radius 2 is 1.94 bits per heavy atom. The average molecular weight is 224 g/mol. The Labute approximate surface area is 102 Å².